The zero-order valence-corrected chi connectivity index (χ0v) is 10.0. The normalized spacial score (nSPS) is 24.1. The number of aromatic nitrogens is 2. The van der Waals surface area contributed by atoms with Gasteiger partial charge in [0.15, 0.2) is 9.84 Å². The molecule has 0 aromatic carbocycles. The second kappa shape index (κ2) is 3.17. The Morgan fingerprint density at radius 1 is 1.35 bits per heavy atom. The third kappa shape index (κ3) is 1.79. The first-order chi connectivity index (χ1) is 7.90. The van der Waals surface area contributed by atoms with E-state index in [1.165, 1.54) is 0 Å². The van der Waals surface area contributed by atoms with E-state index in [1.807, 2.05) is 0 Å². The van der Waals surface area contributed by atoms with Gasteiger partial charge in [-0.1, -0.05) is 0 Å². The summed E-state index contributed by atoms with van der Waals surface area (Å²) in [6.07, 6.45) is 1.94. The Kier molecular flexibility index (Phi) is 2.03. The molecule has 7 heteroatoms. The standard InChI is InChI=1S/C10H13N3O3S/c11-10(2-3-10)9-12-7-1-4-17(15,16)5-6(7)8(14)13-9/h1-5,11H2,(H,12,13,14). The number of hydrogen-bond donors (Lipinski definition) is 2. The van der Waals surface area contributed by atoms with E-state index in [9.17, 15) is 13.2 Å². The van der Waals surface area contributed by atoms with E-state index >= 15 is 0 Å². The van der Waals surface area contributed by atoms with Gasteiger partial charge in [0.2, 0.25) is 0 Å². The predicted octanol–water partition coefficient (Wildman–Crippen LogP) is -0.811. The van der Waals surface area contributed by atoms with Crippen molar-refractivity contribution in [2.45, 2.75) is 30.6 Å². The molecule has 3 rings (SSSR count). The first kappa shape index (κ1) is 10.9. The van der Waals surface area contributed by atoms with Crippen LogP contribution in [0.4, 0.5) is 0 Å². The minimum Gasteiger partial charge on any atom is -0.319 e. The van der Waals surface area contributed by atoms with Crippen molar-refractivity contribution >= 4 is 9.84 Å². The average Bonchev–Trinajstić information content (AvgIpc) is 2.98. The number of nitrogens with two attached hydrogens (primary N) is 1. The van der Waals surface area contributed by atoms with Gasteiger partial charge < -0.3 is 10.7 Å². The molecule has 1 aromatic heterocycles. The van der Waals surface area contributed by atoms with Gasteiger partial charge in [-0.15, -0.1) is 0 Å². The molecule has 3 N–H and O–H groups in total. The van der Waals surface area contributed by atoms with Crippen LogP contribution in [0.1, 0.15) is 29.9 Å². The number of nitrogens with zero attached hydrogens (tertiary/aromatic N) is 1. The van der Waals surface area contributed by atoms with Crippen LogP contribution in [0.2, 0.25) is 0 Å². The van der Waals surface area contributed by atoms with Crippen molar-refractivity contribution in [1.82, 2.24) is 9.97 Å². The monoisotopic (exact) mass is 255 g/mol. The minimum absolute atomic E-state index is 0.0630. The molecule has 92 valence electrons. The molecule has 0 atom stereocenters. The molecule has 17 heavy (non-hydrogen) atoms. The average molecular weight is 255 g/mol. The first-order valence-corrected chi connectivity index (χ1v) is 7.34. The molecule has 0 radical (unpaired) electrons. The number of H-pyrrole nitrogens is 1. The molecule has 0 bridgehead atoms. The van der Waals surface area contributed by atoms with Crippen LogP contribution < -0.4 is 11.3 Å². The fourth-order valence-electron chi connectivity index (χ4n) is 2.05. The molecular weight excluding hydrogens is 242 g/mol. The molecule has 2 heterocycles. The lowest BCUT2D eigenvalue weighted by atomic mass is 10.1. The number of hydrogen-bond acceptors (Lipinski definition) is 5. The van der Waals surface area contributed by atoms with Gasteiger partial charge in [0, 0.05) is 6.42 Å². The van der Waals surface area contributed by atoms with E-state index in [0.717, 1.165) is 12.8 Å². The fourth-order valence-corrected chi connectivity index (χ4v) is 3.44. The van der Waals surface area contributed by atoms with Crippen molar-refractivity contribution in [2.24, 2.45) is 5.73 Å². The highest BCUT2D eigenvalue weighted by atomic mass is 32.2. The lowest BCUT2D eigenvalue weighted by Gasteiger charge is -2.17. The lowest BCUT2D eigenvalue weighted by molar-refractivity contribution is 0.587. The summed E-state index contributed by atoms with van der Waals surface area (Å²) < 4.78 is 22.9. The maximum absolute atomic E-state index is 11.8. The van der Waals surface area contributed by atoms with Gasteiger partial charge in [-0.25, -0.2) is 13.4 Å². The van der Waals surface area contributed by atoms with Gasteiger partial charge in [0.25, 0.3) is 5.56 Å². The Hall–Kier alpha value is -1.21. The number of aryl methyl sites for hydroxylation is 1. The summed E-state index contributed by atoms with van der Waals surface area (Å²) in [6, 6.07) is 0. The Morgan fingerprint density at radius 3 is 2.71 bits per heavy atom. The molecule has 0 amide bonds. The van der Waals surface area contributed by atoms with E-state index in [0.29, 0.717) is 17.9 Å². The summed E-state index contributed by atoms with van der Waals surface area (Å²) in [4.78, 5) is 18.8. The van der Waals surface area contributed by atoms with Crippen LogP contribution in [0.15, 0.2) is 4.79 Å². The Balaban J connectivity index is 2.13. The van der Waals surface area contributed by atoms with E-state index in [4.69, 9.17) is 5.73 Å². The van der Waals surface area contributed by atoms with Gasteiger partial charge in [-0.2, -0.15) is 0 Å². The van der Waals surface area contributed by atoms with Crippen LogP contribution >= 0.6 is 0 Å². The number of aromatic amines is 1. The van der Waals surface area contributed by atoms with E-state index in [-0.39, 0.29) is 22.6 Å². The third-order valence-corrected chi connectivity index (χ3v) is 4.93. The zero-order valence-electron chi connectivity index (χ0n) is 9.19. The quantitative estimate of drug-likeness (QED) is 0.682. The molecule has 6 nitrogen and oxygen atoms in total. The van der Waals surface area contributed by atoms with E-state index in [1.54, 1.807) is 0 Å². The molecular formula is C10H13N3O3S. The van der Waals surface area contributed by atoms with Crippen LogP contribution in [0.5, 0.6) is 0 Å². The number of sulfone groups is 1. The summed E-state index contributed by atoms with van der Waals surface area (Å²) in [5.41, 5.74) is 5.99. The van der Waals surface area contributed by atoms with Crippen molar-refractivity contribution in [1.29, 1.82) is 0 Å². The topological polar surface area (TPSA) is 106 Å². The predicted molar refractivity (Wildman–Crippen MR) is 61.2 cm³/mol. The second-order valence-electron chi connectivity index (χ2n) is 4.84. The van der Waals surface area contributed by atoms with Gasteiger partial charge in [-0.05, 0) is 12.8 Å². The van der Waals surface area contributed by atoms with E-state index in [2.05, 4.69) is 9.97 Å². The van der Waals surface area contributed by atoms with E-state index < -0.39 is 15.4 Å². The number of fused-ring (bicyclic) bond motifs is 1. The lowest BCUT2D eigenvalue weighted by Crippen LogP contribution is -2.33. The Bertz CT molecular complexity index is 643. The van der Waals surface area contributed by atoms with Gasteiger partial charge in [0.05, 0.1) is 28.3 Å². The van der Waals surface area contributed by atoms with Crippen molar-refractivity contribution in [3.8, 4) is 0 Å². The van der Waals surface area contributed by atoms with Crippen LogP contribution in [-0.4, -0.2) is 24.1 Å². The number of rotatable bonds is 1. The highest BCUT2D eigenvalue weighted by Crippen LogP contribution is 2.40. The summed E-state index contributed by atoms with van der Waals surface area (Å²) in [5, 5.41) is 0. The van der Waals surface area contributed by atoms with Gasteiger partial charge >= 0.3 is 0 Å². The highest BCUT2D eigenvalue weighted by molar-refractivity contribution is 7.90. The SMILES string of the molecule is NC1(c2nc3c(c(=O)[nH]2)CS(=O)(=O)CC3)CC1. The van der Waals surface area contributed by atoms with Gasteiger partial charge in [0.1, 0.15) is 5.82 Å². The summed E-state index contributed by atoms with van der Waals surface area (Å²) >= 11 is 0. The molecule has 1 aromatic rings. The van der Waals surface area contributed by atoms with Crippen LogP contribution in [0.25, 0.3) is 0 Å². The summed E-state index contributed by atoms with van der Waals surface area (Å²) in [5.74, 6) is 0.358. The van der Waals surface area contributed by atoms with Crippen LogP contribution in [0.3, 0.4) is 0 Å². The number of nitrogens with one attached hydrogen (secondary N) is 1. The van der Waals surface area contributed by atoms with Crippen molar-refractivity contribution < 1.29 is 8.42 Å². The minimum atomic E-state index is -3.14. The van der Waals surface area contributed by atoms with Gasteiger partial charge in [-0.3, -0.25) is 4.79 Å². The summed E-state index contributed by atoms with van der Waals surface area (Å²) in [6.45, 7) is 0. The Labute approximate surface area is 98.2 Å². The smallest absolute Gasteiger partial charge is 0.255 e. The van der Waals surface area contributed by atoms with Crippen molar-refractivity contribution in [2.75, 3.05) is 5.75 Å². The second-order valence-corrected chi connectivity index (χ2v) is 7.02. The third-order valence-electron chi connectivity index (χ3n) is 3.38. The largest absolute Gasteiger partial charge is 0.319 e. The van der Waals surface area contributed by atoms with Crippen LogP contribution in [0, 0.1) is 0 Å². The molecule has 0 saturated heterocycles. The molecule has 0 spiro atoms. The zero-order chi connectivity index (χ0) is 12.3. The first-order valence-electron chi connectivity index (χ1n) is 5.51. The molecule has 1 saturated carbocycles. The molecule has 0 unspecified atom stereocenters. The highest BCUT2D eigenvalue weighted by Gasteiger charge is 2.43. The van der Waals surface area contributed by atoms with Crippen molar-refractivity contribution in [3.63, 3.8) is 0 Å². The molecule has 2 aliphatic rings. The van der Waals surface area contributed by atoms with Crippen molar-refractivity contribution in [3.05, 3.63) is 27.4 Å². The summed E-state index contributed by atoms with van der Waals surface area (Å²) in [7, 11) is -3.14. The Morgan fingerprint density at radius 2 is 2.06 bits per heavy atom. The maximum Gasteiger partial charge on any atom is 0.255 e. The van der Waals surface area contributed by atoms with Crippen LogP contribution in [-0.2, 0) is 27.5 Å². The maximum atomic E-state index is 11.8. The fraction of sp³-hybridized carbons (Fsp3) is 0.600. The molecule has 1 aliphatic heterocycles. The molecule has 1 aliphatic carbocycles. The molecule has 1 fully saturated rings.